The molecule has 0 amide bonds. The van der Waals surface area contributed by atoms with E-state index in [0.29, 0.717) is 53.5 Å². The fourth-order valence-corrected chi connectivity index (χ4v) is 12.4. The first-order valence-electron chi connectivity index (χ1n) is 17.9. The number of aliphatic hydroxyl groups is 1. The number of aromatic hydroxyl groups is 1. The number of carbonyl (C=O) groups is 2. The number of esters is 1. The van der Waals surface area contributed by atoms with E-state index in [4.69, 9.17) is 11.2 Å². The van der Waals surface area contributed by atoms with Gasteiger partial charge in [0.2, 0.25) is 0 Å². The average Bonchev–Trinajstić information content (AvgIpc) is 3.49. The third kappa shape index (κ3) is 5.07. The number of aryl methyl sites for hydroxylation is 1. The second kappa shape index (κ2) is 12.1. The number of hydrogen-bond donors (Lipinski definition) is 2. The van der Waals surface area contributed by atoms with Crippen molar-refractivity contribution in [3.8, 4) is 18.1 Å². The van der Waals surface area contributed by atoms with E-state index in [9.17, 15) is 19.8 Å². The zero-order valence-electron chi connectivity index (χ0n) is 28.0. The first kappa shape index (κ1) is 33.3. The Hall–Kier alpha value is -2.62. The second-order valence-electron chi connectivity index (χ2n) is 16.3. The lowest BCUT2D eigenvalue weighted by Crippen LogP contribution is -2.53. The number of ketones is 1. The van der Waals surface area contributed by atoms with Gasteiger partial charge in [-0.1, -0.05) is 31.4 Å². The number of fused-ring (bicyclic) bond motifs is 10. The molecule has 1 aromatic carbocycles. The van der Waals surface area contributed by atoms with Crippen LogP contribution < -0.4 is 0 Å². The van der Waals surface area contributed by atoms with Crippen molar-refractivity contribution >= 4 is 11.8 Å². The summed E-state index contributed by atoms with van der Waals surface area (Å²) in [7, 11) is 0. The quantitative estimate of drug-likeness (QED) is 0.260. The van der Waals surface area contributed by atoms with Crippen LogP contribution in [0.3, 0.4) is 0 Å². The molecule has 0 saturated heterocycles. The molecule has 0 heterocycles. The lowest BCUT2D eigenvalue weighted by molar-refractivity contribution is -0.167. The van der Waals surface area contributed by atoms with E-state index >= 15 is 0 Å². The number of aliphatic hydroxyl groups excluding tert-OH is 1. The molecule has 0 unspecified atom stereocenters. The molecular formula is C40H54O6. The van der Waals surface area contributed by atoms with Gasteiger partial charge in [-0.05, 0) is 160 Å². The molecule has 11 atom stereocenters. The van der Waals surface area contributed by atoms with Gasteiger partial charge in [0.1, 0.15) is 5.75 Å². The molecule has 0 radical (unpaired) electrons. The zero-order valence-corrected chi connectivity index (χ0v) is 28.0. The Kier molecular flexibility index (Phi) is 8.77. The summed E-state index contributed by atoms with van der Waals surface area (Å²) >= 11 is 0. The van der Waals surface area contributed by atoms with E-state index in [1.54, 1.807) is 0 Å². The van der Waals surface area contributed by atoms with Crippen LogP contribution in [0.15, 0.2) is 29.8 Å². The Bertz CT molecular complexity index is 1440. The second-order valence-corrected chi connectivity index (χ2v) is 16.3. The van der Waals surface area contributed by atoms with Gasteiger partial charge in [0.05, 0.1) is 6.10 Å². The zero-order chi connectivity index (χ0) is 31.7. The van der Waals surface area contributed by atoms with Crippen LogP contribution in [0.25, 0.3) is 0 Å². The highest BCUT2D eigenvalue weighted by atomic mass is 16.6. The predicted octanol–water partition coefficient (Wildman–Crippen LogP) is 6.85. The van der Waals surface area contributed by atoms with Crippen LogP contribution >= 0.6 is 0 Å². The van der Waals surface area contributed by atoms with Crippen LogP contribution in [0.4, 0.5) is 0 Å². The minimum atomic E-state index is -0.729. The van der Waals surface area contributed by atoms with E-state index in [1.807, 2.05) is 18.2 Å². The number of benzene rings is 1. The molecule has 8 rings (SSSR count). The Labute approximate surface area is 275 Å². The fourth-order valence-electron chi connectivity index (χ4n) is 12.4. The van der Waals surface area contributed by atoms with Gasteiger partial charge in [-0.25, -0.2) is 0 Å². The largest absolute Gasteiger partial charge is 0.508 e. The molecule has 6 heteroatoms. The van der Waals surface area contributed by atoms with Crippen LogP contribution in [-0.4, -0.2) is 39.1 Å². The number of allylic oxidation sites excluding steroid dienone is 1. The SMILES string of the molecule is C#C[C@]1(OC(C)=O)CC[C@H]2[C@@H]3CCC4=CC(=O)CC[C@@H]4[C@H]3CC[C@@]21C.C[C@]12CC[C@@H]3c4ccc(O)cc4CC[C@H]3[C@@H]1CC[C@@H]2O.O. The number of hydrogen-bond acceptors (Lipinski definition) is 5. The minimum absolute atomic E-state index is 0. The van der Waals surface area contributed by atoms with Crippen molar-refractivity contribution in [2.45, 2.75) is 128 Å². The molecule has 6 nitrogen and oxygen atoms in total. The average molecular weight is 631 g/mol. The molecule has 250 valence electrons. The van der Waals surface area contributed by atoms with Crippen molar-refractivity contribution in [2.24, 2.45) is 46.3 Å². The van der Waals surface area contributed by atoms with E-state index < -0.39 is 5.60 Å². The molecule has 0 aliphatic heterocycles. The highest BCUT2D eigenvalue weighted by Gasteiger charge is 2.64. The maximum absolute atomic E-state index is 11.8. The topological polar surface area (TPSA) is 115 Å². The number of phenols is 1. The summed E-state index contributed by atoms with van der Waals surface area (Å²) < 4.78 is 5.79. The maximum Gasteiger partial charge on any atom is 0.304 e. The number of carbonyl (C=O) groups excluding carboxylic acids is 2. The molecule has 0 bridgehead atoms. The number of rotatable bonds is 1. The molecule has 7 aliphatic carbocycles. The van der Waals surface area contributed by atoms with Gasteiger partial charge in [0.25, 0.3) is 0 Å². The van der Waals surface area contributed by atoms with E-state index in [1.165, 1.54) is 42.9 Å². The van der Waals surface area contributed by atoms with Crippen molar-refractivity contribution in [3.05, 3.63) is 41.0 Å². The van der Waals surface area contributed by atoms with Gasteiger partial charge in [0, 0.05) is 18.8 Å². The fraction of sp³-hybridized carbons (Fsp3) is 0.700. The monoisotopic (exact) mass is 630 g/mol. The van der Waals surface area contributed by atoms with Crippen LogP contribution in [0.1, 0.15) is 121 Å². The van der Waals surface area contributed by atoms with Gasteiger partial charge in [-0.2, -0.15) is 0 Å². The van der Waals surface area contributed by atoms with Crippen LogP contribution in [-0.2, 0) is 20.7 Å². The van der Waals surface area contributed by atoms with Gasteiger partial charge in [0.15, 0.2) is 11.4 Å². The predicted molar refractivity (Wildman–Crippen MR) is 178 cm³/mol. The van der Waals surface area contributed by atoms with Crippen molar-refractivity contribution in [3.63, 3.8) is 0 Å². The lowest BCUT2D eigenvalue weighted by atomic mass is 9.50. The lowest BCUT2D eigenvalue weighted by Gasteiger charge is -2.55. The highest BCUT2D eigenvalue weighted by molar-refractivity contribution is 5.91. The Morgan fingerprint density at radius 1 is 0.891 bits per heavy atom. The third-order valence-corrected chi connectivity index (χ3v) is 14.6. The Balaban J connectivity index is 0.000000162. The van der Waals surface area contributed by atoms with Gasteiger partial charge in [-0.3, -0.25) is 9.59 Å². The summed E-state index contributed by atoms with van der Waals surface area (Å²) in [5, 5.41) is 20.0. The summed E-state index contributed by atoms with van der Waals surface area (Å²) in [6, 6.07) is 5.96. The third-order valence-electron chi connectivity index (χ3n) is 14.6. The van der Waals surface area contributed by atoms with Crippen LogP contribution in [0, 0.1) is 58.7 Å². The molecule has 5 fully saturated rings. The Morgan fingerprint density at radius 2 is 1.67 bits per heavy atom. The van der Waals surface area contributed by atoms with Crippen LogP contribution in [0.2, 0.25) is 0 Å². The molecule has 4 N–H and O–H groups in total. The molecule has 46 heavy (non-hydrogen) atoms. The molecular weight excluding hydrogens is 576 g/mol. The molecule has 0 spiro atoms. The number of ether oxygens (including phenoxy) is 1. The van der Waals surface area contributed by atoms with Gasteiger partial charge in [-0.15, -0.1) is 6.42 Å². The smallest absolute Gasteiger partial charge is 0.304 e. The number of terminal acetylenes is 1. The first-order chi connectivity index (χ1) is 21.5. The Morgan fingerprint density at radius 3 is 2.43 bits per heavy atom. The summed E-state index contributed by atoms with van der Waals surface area (Å²) in [5.41, 5.74) is 3.56. The van der Waals surface area contributed by atoms with Crippen molar-refractivity contribution < 1.29 is 30.0 Å². The summed E-state index contributed by atoms with van der Waals surface area (Å²) in [4.78, 5) is 23.5. The summed E-state index contributed by atoms with van der Waals surface area (Å²) in [6.07, 6.45) is 22.6. The minimum Gasteiger partial charge on any atom is -0.508 e. The van der Waals surface area contributed by atoms with Crippen molar-refractivity contribution in [2.75, 3.05) is 0 Å². The standard InChI is InChI=1S/C22H28O3.C18H24O2.H2O/c1-4-22(25-14(2)23)12-10-20-19-7-5-15-13-16(24)6-8-17(15)18(19)9-11-21(20,22)3;1-18-9-8-14-13-5-3-12(19)10-11(13)2-4-15(14)16(18)6-7-17(18)20;/h1,13,17-20H,5-12H2,2-3H3;3,5,10,14-17,19-20H,2,4,6-9H2,1H3;1H2/t17-,18+,19+,20-,21-,22-;14-,15-,16+,17+,18+;/m01./s1. The summed E-state index contributed by atoms with van der Waals surface area (Å²) in [6.45, 7) is 6.05. The maximum atomic E-state index is 11.8. The number of phenolic OH excluding ortho intramolecular Hbond substituents is 1. The molecule has 5 saturated carbocycles. The molecule has 1 aromatic rings. The molecule has 7 aliphatic rings. The van der Waals surface area contributed by atoms with E-state index in [0.717, 1.165) is 70.1 Å². The summed E-state index contributed by atoms with van der Waals surface area (Å²) in [5.74, 6) is 7.90. The first-order valence-corrected chi connectivity index (χ1v) is 17.9. The van der Waals surface area contributed by atoms with E-state index in [-0.39, 0.29) is 28.4 Å². The highest BCUT2D eigenvalue weighted by Crippen LogP contribution is 2.66. The molecule has 0 aromatic heterocycles. The van der Waals surface area contributed by atoms with Crippen LogP contribution in [0.5, 0.6) is 5.75 Å². The normalized spacial score (nSPS) is 43.3. The van der Waals surface area contributed by atoms with Gasteiger partial charge < -0.3 is 20.4 Å². The van der Waals surface area contributed by atoms with Crippen molar-refractivity contribution in [1.82, 2.24) is 0 Å². The van der Waals surface area contributed by atoms with Gasteiger partial charge >= 0.3 is 5.97 Å². The van der Waals surface area contributed by atoms with E-state index in [2.05, 4.69) is 25.8 Å². The van der Waals surface area contributed by atoms with Crippen molar-refractivity contribution in [1.29, 1.82) is 0 Å².